The largest absolute Gasteiger partial charge is 0.496 e. The van der Waals surface area contributed by atoms with Gasteiger partial charge in [0.2, 0.25) is 0 Å². The summed E-state index contributed by atoms with van der Waals surface area (Å²) < 4.78 is 5.43. The van der Waals surface area contributed by atoms with E-state index in [2.05, 4.69) is 51.8 Å². The second-order valence-electron chi connectivity index (χ2n) is 7.17. The van der Waals surface area contributed by atoms with E-state index in [1.807, 2.05) is 6.07 Å². The second kappa shape index (κ2) is 8.54. The summed E-state index contributed by atoms with van der Waals surface area (Å²) in [5.74, 6) is 0.775. The molecule has 0 fully saturated rings. The highest BCUT2D eigenvalue weighted by atomic mass is 16.5. The van der Waals surface area contributed by atoms with Crippen LogP contribution in [-0.2, 0) is 5.41 Å². The van der Waals surface area contributed by atoms with E-state index in [0.717, 1.165) is 30.8 Å². The fourth-order valence-corrected chi connectivity index (χ4v) is 2.50. The summed E-state index contributed by atoms with van der Waals surface area (Å²) >= 11 is 0. The topological polar surface area (TPSA) is 32.7 Å². The van der Waals surface area contributed by atoms with Crippen molar-refractivity contribution in [2.75, 3.05) is 27.2 Å². The molecule has 0 amide bonds. The number of rotatable bonds is 8. The number of ether oxygens (including phenoxy) is 1. The lowest BCUT2D eigenvalue weighted by atomic mass is 9.85. The number of benzene rings is 1. The number of hydrogen-bond acceptors (Lipinski definition) is 3. The van der Waals surface area contributed by atoms with Gasteiger partial charge in [0, 0.05) is 12.1 Å². The zero-order chi connectivity index (χ0) is 16.8. The molecule has 0 saturated heterocycles. The molecule has 0 aromatic heterocycles. The van der Waals surface area contributed by atoms with Gasteiger partial charge in [-0.15, -0.1) is 0 Å². The highest BCUT2D eigenvalue weighted by molar-refractivity contribution is 5.41. The van der Waals surface area contributed by atoms with Gasteiger partial charge in [-0.3, -0.25) is 0 Å². The van der Waals surface area contributed by atoms with Gasteiger partial charge >= 0.3 is 0 Å². The Morgan fingerprint density at radius 1 is 1.23 bits per heavy atom. The van der Waals surface area contributed by atoms with Crippen LogP contribution in [0.4, 0.5) is 0 Å². The van der Waals surface area contributed by atoms with Crippen LogP contribution >= 0.6 is 0 Å². The first kappa shape index (κ1) is 19.0. The molecule has 0 aliphatic heterocycles. The third kappa shape index (κ3) is 5.62. The minimum atomic E-state index is -0.485. The van der Waals surface area contributed by atoms with Crippen LogP contribution in [-0.4, -0.2) is 37.3 Å². The Bertz CT molecular complexity index is 451. The molecule has 1 N–H and O–H groups in total. The minimum absolute atomic E-state index is 0.0681. The Kier molecular flexibility index (Phi) is 7.37. The van der Waals surface area contributed by atoms with Crippen molar-refractivity contribution in [3.63, 3.8) is 0 Å². The number of nitrogens with zero attached hydrogens (tertiary/aromatic N) is 1. The van der Waals surface area contributed by atoms with Crippen LogP contribution in [0.3, 0.4) is 0 Å². The van der Waals surface area contributed by atoms with E-state index in [9.17, 15) is 5.11 Å². The van der Waals surface area contributed by atoms with Crippen LogP contribution < -0.4 is 4.74 Å². The van der Waals surface area contributed by atoms with E-state index in [0.29, 0.717) is 0 Å². The van der Waals surface area contributed by atoms with Crippen molar-refractivity contribution in [2.24, 2.45) is 0 Å². The van der Waals surface area contributed by atoms with Crippen LogP contribution in [0.1, 0.15) is 64.2 Å². The van der Waals surface area contributed by atoms with E-state index in [4.69, 9.17) is 4.74 Å². The average molecular weight is 307 g/mol. The molecule has 1 unspecified atom stereocenters. The summed E-state index contributed by atoms with van der Waals surface area (Å²) in [5.41, 5.74) is 2.19. The summed E-state index contributed by atoms with van der Waals surface area (Å²) in [5, 5.41) is 10.6. The van der Waals surface area contributed by atoms with E-state index in [1.54, 1.807) is 7.11 Å². The van der Waals surface area contributed by atoms with Gasteiger partial charge in [0.05, 0.1) is 13.2 Å². The summed E-state index contributed by atoms with van der Waals surface area (Å²) in [7, 11) is 3.78. The van der Waals surface area contributed by atoms with Crippen molar-refractivity contribution in [1.82, 2.24) is 4.90 Å². The summed E-state index contributed by atoms with van der Waals surface area (Å²) in [6.07, 6.45) is 2.65. The molecule has 0 heterocycles. The van der Waals surface area contributed by atoms with E-state index >= 15 is 0 Å². The lowest BCUT2D eigenvalue weighted by Crippen LogP contribution is -2.22. The van der Waals surface area contributed by atoms with Gasteiger partial charge in [-0.25, -0.2) is 0 Å². The average Bonchev–Trinajstić information content (AvgIpc) is 2.48. The van der Waals surface area contributed by atoms with Crippen LogP contribution in [0.5, 0.6) is 5.75 Å². The molecule has 0 bridgehead atoms. The predicted molar refractivity (Wildman–Crippen MR) is 93.7 cm³/mol. The normalized spacial score (nSPS) is 13.5. The van der Waals surface area contributed by atoms with Crippen molar-refractivity contribution in [1.29, 1.82) is 0 Å². The first-order chi connectivity index (χ1) is 10.3. The Morgan fingerprint density at radius 2 is 1.91 bits per heavy atom. The molecule has 1 aromatic carbocycles. The monoisotopic (exact) mass is 307 g/mol. The fraction of sp³-hybridized carbons (Fsp3) is 0.684. The van der Waals surface area contributed by atoms with Gasteiger partial charge in [0.25, 0.3) is 0 Å². The molecule has 0 spiro atoms. The molecular weight excluding hydrogens is 274 g/mol. The molecule has 22 heavy (non-hydrogen) atoms. The Morgan fingerprint density at radius 3 is 2.45 bits per heavy atom. The summed E-state index contributed by atoms with van der Waals surface area (Å²) in [4.78, 5) is 2.28. The van der Waals surface area contributed by atoms with Crippen LogP contribution in [0.2, 0.25) is 0 Å². The van der Waals surface area contributed by atoms with Crippen LogP contribution in [0.25, 0.3) is 0 Å². The smallest absolute Gasteiger partial charge is 0.124 e. The summed E-state index contributed by atoms with van der Waals surface area (Å²) in [6.45, 7) is 10.7. The van der Waals surface area contributed by atoms with Crippen LogP contribution in [0, 0.1) is 0 Å². The molecule has 0 aliphatic rings. The van der Waals surface area contributed by atoms with Crippen molar-refractivity contribution in [3.8, 4) is 5.75 Å². The zero-order valence-corrected chi connectivity index (χ0v) is 15.1. The van der Waals surface area contributed by atoms with Gasteiger partial charge in [-0.1, -0.05) is 40.2 Å². The predicted octanol–water partition coefficient (Wildman–Crippen LogP) is 4.15. The maximum absolute atomic E-state index is 10.6. The fourth-order valence-electron chi connectivity index (χ4n) is 2.50. The van der Waals surface area contributed by atoms with Gasteiger partial charge in [0.1, 0.15) is 5.75 Å². The first-order valence-corrected chi connectivity index (χ1v) is 8.34. The number of aliphatic hydroxyl groups excluding tert-OH is 1. The molecule has 3 nitrogen and oxygen atoms in total. The van der Waals surface area contributed by atoms with Crippen molar-refractivity contribution >= 4 is 0 Å². The molecule has 1 atom stereocenters. The van der Waals surface area contributed by atoms with Crippen molar-refractivity contribution in [2.45, 2.75) is 58.5 Å². The Balaban J connectivity index is 2.80. The summed E-state index contributed by atoms with van der Waals surface area (Å²) in [6, 6.07) is 6.15. The molecule has 1 aromatic rings. The van der Waals surface area contributed by atoms with Gasteiger partial charge in [-0.2, -0.15) is 0 Å². The maximum Gasteiger partial charge on any atom is 0.124 e. The lowest BCUT2D eigenvalue weighted by Gasteiger charge is -2.24. The number of hydrogen-bond donors (Lipinski definition) is 1. The second-order valence-corrected chi connectivity index (χ2v) is 7.17. The third-order valence-corrected chi connectivity index (χ3v) is 4.13. The molecular formula is C19H33NO2. The van der Waals surface area contributed by atoms with Gasteiger partial charge < -0.3 is 14.7 Å². The van der Waals surface area contributed by atoms with Gasteiger partial charge in [-0.05, 0) is 49.5 Å². The molecule has 0 saturated carbocycles. The lowest BCUT2D eigenvalue weighted by molar-refractivity contribution is 0.145. The minimum Gasteiger partial charge on any atom is -0.496 e. The number of aliphatic hydroxyl groups is 1. The molecule has 126 valence electrons. The molecule has 0 radical (unpaired) electrons. The number of methoxy groups -OCH3 is 1. The van der Waals surface area contributed by atoms with E-state index in [-0.39, 0.29) is 5.41 Å². The van der Waals surface area contributed by atoms with Gasteiger partial charge in [0.15, 0.2) is 0 Å². The van der Waals surface area contributed by atoms with Crippen molar-refractivity contribution in [3.05, 3.63) is 29.3 Å². The number of unbranched alkanes of at least 4 members (excludes halogenated alkanes) is 1. The highest BCUT2D eigenvalue weighted by Crippen LogP contribution is 2.32. The van der Waals surface area contributed by atoms with E-state index < -0.39 is 6.10 Å². The molecule has 1 rings (SSSR count). The van der Waals surface area contributed by atoms with Crippen LogP contribution in [0.15, 0.2) is 18.2 Å². The Hall–Kier alpha value is -1.06. The van der Waals surface area contributed by atoms with Crippen molar-refractivity contribution < 1.29 is 9.84 Å². The Labute approximate surface area is 136 Å². The SMILES string of the molecule is CCCCN(C)CCC(O)c1cc(C(C)(C)C)ccc1OC. The maximum atomic E-state index is 10.6. The molecule has 3 heteroatoms. The third-order valence-electron chi connectivity index (χ3n) is 4.13. The quantitative estimate of drug-likeness (QED) is 0.783. The van der Waals surface area contributed by atoms with E-state index in [1.165, 1.54) is 18.4 Å². The highest BCUT2D eigenvalue weighted by Gasteiger charge is 2.19. The first-order valence-electron chi connectivity index (χ1n) is 8.34. The zero-order valence-electron chi connectivity index (χ0n) is 15.1. The standard InChI is InChI=1S/C19H33NO2/c1-7-8-12-20(5)13-11-17(21)16-14-15(19(2,3)4)9-10-18(16)22-6/h9-10,14,17,21H,7-8,11-13H2,1-6H3. The molecule has 0 aliphatic carbocycles.